The van der Waals surface area contributed by atoms with Crippen LogP contribution in [0, 0.1) is 0 Å². The Hall–Kier alpha value is -3.40. The Kier molecular flexibility index (Phi) is 8.58. The predicted octanol–water partition coefficient (Wildman–Crippen LogP) is 7.36. The maximum atomic E-state index is 7.04. The SMILES string of the molecule is CC(C)(C)[Si](OCC/C=C/[C@@H](Nc1ccccc1)c1ccccc1)(c1ccccc1)c1ccccc1. The molecule has 2 nitrogen and oxygen atoms in total. The fraction of sp³-hybridized carbons (Fsp3) is 0.212. The summed E-state index contributed by atoms with van der Waals surface area (Å²) in [5.41, 5.74) is 2.35. The van der Waals surface area contributed by atoms with Gasteiger partial charge in [0.2, 0.25) is 0 Å². The van der Waals surface area contributed by atoms with Gasteiger partial charge < -0.3 is 9.74 Å². The predicted molar refractivity (Wildman–Crippen MR) is 157 cm³/mol. The van der Waals surface area contributed by atoms with E-state index < -0.39 is 8.32 Å². The second-order valence-electron chi connectivity index (χ2n) is 10.1. The van der Waals surface area contributed by atoms with Gasteiger partial charge >= 0.3 is 0 Å². The van der Waals surface area contributed by atoms with Gasteiger partial charge in [0.25, 0.3) is 8.32 Å². The third-order valence-electron chi connectivity index (χ3n) is 6.60. The number of anilines is 1. The first-order valence-electron chi connectivity index (χ1n) is 12.8. The van der Waals surface area contributed by atoms with Gasteiger partial charge in [0.15, 0.2) is 0 Å². The molecule has 3 heteroatoms. The van der Waals surface area contributed by atoms with E-state index in [9.17, 15) is 0 Å². The van der Waals surface area contributed by atoms with Crippen LogP contribution in [0.15, 0.2) is 133 Å². The molecule has 0 saturated heterocycles. The molecule has 0 amide bonds. The number of hydrogen-bond acceptors (Lipinski definition) is 2. The lowest BCUT2D eigenvalue weighted by Gasteiger charge is -2.43. The minimum atomic E-state index is -2.50. The van der Waals surface area contributed by atoms with Gasteiger partial charge in [-0.05, 0) is 39.5 Å². The molecule has 184 valence electrons. The zero-order chi connectivity index (χ0) is 25.3. The minimum absolute atomic E-state index is 0.0130. The summed E-state index contributed by atoms with van der Waals surface area (Å²) in [6, 6.07) is 42.8. The lowest BCUT2D eigenvalue weighted by Crippen LogP contribution is -2.66. The van der Waals surface area contributed by atoms with Crippen LogP contribution < -0.4 is 15.7 Å². The summed E-state index contributed by atoms with van der Waals surface area (Å²) in [6.45, 7) is 7.65. The number of nitrogens with one attached hydrogen (secondary N) is 1. The standard InChI is InChI=1S/C33H37NOSi/c1-33(2,3)36(30-22-12-6-13-23-30,31-24-14-7-15-25-31)35-27-17-16-26-32(28-18-8-4-9-19-28)34-29-20-10-5-11-21-29/h4-16,18-26,32,34H,17,27H2,1-3H3/b26-16+/t32-/m1/s1. The average Bonchev–Trinajstić information content (AvgIpc) is 2.91. The average molecular weight is 492 g/mol. The van der Waals surface area contributed by atoms with Crippen molar-refractivity contribution in [3.63, 3.8) is 0 Å². The summed E-state index contributed by atoms with van der Waals surface area (Å²) in [6.07, 6.45) is 5.37. The van der Waals surface area contributed by atoms with E-state index in [1.807, 2.05) is 6.07 Å². The summed E-state index contributed by atoms with van der Waals surface area (Å²) in [4.78, 5) is 0. The molecule has 0 unspecified atom stereocenters. The van der Waals surface area contributed by atoms with Crippen LogP contribution >= 0.6 is 0 Å². The molecule has 0 radical (unpaired) electrons. The first-order valence-corrected chi connectivity index (χ1v) is 14.7. The maximum Gasteiger partial charge on any atom is 0.261 e. The zero-order valence-corrected chi connectivity index (χ0v) is 22.6. The van der Waals surface area contributed by atoms with E-state index in [1.165, 1.54) is 15.9 Å². The van der Waals surface area contributed by atoms with E-state index in [-0.39, 0.29) is 11.1 Å². The van der Waals surface area contributed by atoms with E-state index in [0.29, 0.717) is 6.61 Å². The van der Waals surface area contributed by atoms with Gasteiger partial charge in [0.1, 0.15) is 0 Å². The van der Waals surface area contributed by atoms with Crippen LogP contribution in [-0.4, -0.2) is 14.9 Å². The molecular weight excluding hydrogens is 454 g/mol. The van der Waals surface area contributed by atoms with Crippen LogP contribution in [0.4, 0.5) is 5.69 Å². The van der Waals surface area contributed by atoms with Crippen LogP contribution in [0.3, 0.4) is 0 Å². The molecule has 4 aromatic rings. The topological polar surface area (TPSA) is 21.3 Å². The molecule has 0 heterocycles. The molecule has 4 rings (SSSR count). The van der Waals surface area contributed by atoms with Crippen molar-refractivity contribution in [2.45, 2.75) is 38.3 Å². The van der Waals surface area contributed by atoms with Crippen LogP contribution in [-0.2, 0) is 4.43 Å². The molecule has 0 aliphatic heterocycles. The van der Waals surface area contributed by atoms with Gasteiger partial charge in [-0.2, -0.15) is 0 Å². The van der Waals surface area contributed by atoms with E-state index in [0.717, 1.165) is 12.1 Å². The first-order chi connectivity index (χ1) is 17.5. The summed E-state index contributed by atoms with van der Waals surface area (Å²) in [5.74, 6) is 0. The molecular formula is C33H37NOSi. The van der Waals surface area contributed by atoms with Gasteiger partial charge in [-0.25, -0.2) is 0 Å². The molecule has 0 fully saturated rings. The van der Waals surface area contributed by atoms with Gasteiger partial charge in [-0.1, -0.05) is 142 Å². The Balaban J connectivity index is 1.54. The van der Waals surface area contributed by atoms with Crippen LogP contribution in [0.2, 0.25) is 5.04 Å². The van der Waals surface area contributed by atoms with E-state index in [2.05, 4.69) is 154 Å². The molecule has 0 bridgehead atoms. The monoisotopic (exact) mass is 491 g/mol. The lowest BCUT2D eigenvalue weighted by molar-refractivity contribution is 0.304. The van der Waals surface area contributed by atoms with Crippen molar-refractivity contribution in [3.05, 3.63) is 139 Å². The van der Waals surface area contributed by atoms with E-state index >= 15 is 0 Å². The minimum Gasteiger partial charge on any atom is -0.407 e. The maximum absolute atomic E-state index is 7.04. The fourth-order valence-corrected chi connectivity index (χ4v) is 9.47. The van der Waals surface area contributed by atoms with Crippen molar-refractivity contribution >= 4 is 24.4 Å². The summed E-state index contributed by atoms with van der Waals surface area (Å²) < 4.78 is 7.04. The highest BCUT2D eigenvalue weighted by Crippen LogP contribution is 2.36. The molecule has 0 saturated carbocycles. The lowest BCUT2D eigenvalue weighted by atomic mass is 10.1. The van der Waals surface area contributed by atoms with Crippen molar-refractivity contribution in [1.29, 1.82) is 0 Å². The van der Waals surface area contributed by atoms with E-state index in [4.69, 9.17) is 4.43 Å². The molecule has 0 aliphatic carbocycles. The van der Waals surface area contributed by atoms with Crippen molar-refractivity contribution in [2.24, 2.45) is 0 Å². The third kappa shape index (κ3) is 6.04. The second kappa shape index (κ2) is 12.0. The van der Waals surface area contributed by atoms with Crippen LogP contribution in [0.5, 0.6) is 0 Å². The Morgan fingerprint density at radius 3 is 1.67 bits per heavy atom. The third-order valence-corrected chi connectivity index (χ3v) is 11.6. The zero-order valence-electron chi connectivity index (χ0n) is 21.6. The Labute approximate surface area is 217 Å². The molecule has 4 aromatic carbocycles. The van der Waals surface area contributed by atoms with Gasteiger partial charge in [0, 0.05) is 12.3 Å². The summed E-state index contributed by atoms with van der Waals surface area (Å²) in [5, 5.41) is 6.29. The second-order valence-corrected chi connectivity index (χ2v) is 14.4. The van der Waals surface area contributed by atoms with Crippen molar-refractivity contribution in [3.8, 4) is 0 Å². The van der Waals surface area contributed by atoms with Crippen LogP contribution in [0.1, 0.15) is 38.8 Å². The highest BCUT2D eigenvalue weighted by atomic mass is 28.4. The van der Waals surface area contributed by atoms with Crippen molar-refractivity contribution in [1.82, 2.24) is 0 Å². The molecule has 36 heavy (non-hydrogen) atoms. The Morgan fingerprint density at radius 1 is 0.694 bits per heavy atom. The number of para-hydroxylation sites is 1. The summed E-state index contributed by atoms with van der Waals surface area (Å²) >= 11 is 0. The molecule has 1 N–H and O–H groups in total. The molecule has 0 aromatic heterocycles. The van der Waals surface area contributed by atoms with Crippen molar-refractivity contribution < 1.29 is 4.43 Å². The number of hydrogen-bond donors (Lipinski definition) is 1. The Bertz CT molecular complexity index is 1160. The van der Waals surface area contributed by atoms with Crippen molar-refractivity contribution in [2.75, 3.05) is 11.9 Å². The highest BCUT2D eigenvalue weighted by molar-refractivity contribution is 6.99. The van der Waals surface area contributed by atoms with Crippen LogP contribution in [0.25, 0.3) is 0 Å². The van der Waals surface area contributed by atoms with Gasteiger partial charge in [0.05, 0.1) is 6.04 Å². The fourth-order valence-electron chi connectivity index (χ4n) is 4.89. The molecule has 0 aliphatic rings. The normalized spacial score (nSPS) is 13.0. The largest absolute Gasteiger partial charge is 0.407 e. The van der Waals surface area contributed by atoms with E-state index in [1.54, 1.807) is 0 Å². The highest BCUT2D eigenvalue weighted by Gasteiger charge is 2.49. The smallest absolute Gasteiger partial charge is 0.261 e. The van der Waals surface area contributed by atoms with Gasteiger partial charge in [-0.15, -0.1) is 0 Å². The summed E-state index contributed by atoms with van der Waals surface area (Å²) in [7, 11) is -2.50. The Morgan fingerprint density at radius 2 is 1.17 bits per heavy atom. The molecule has 1 atom stereocenters. The first kappa shape index (κ1) is 25.7. The molecule has 0 spiro atoms. The number of benzene rings is 4. The number of rotatable bonds is 10. The quantitative estimate of drug-likeness (QED) is 0.142. The van der Waals surface area contributed by atoms with Gasteiger partial charge in [-0.3, -0.25) is 0 Å².